The van der Waals surface area contributed by atoms with Crippen molar-refractivity contribution in [3.8, 4) is 0 Å². The van der Waals surface area contributed by atoms with Gasteiger partial charge in [-0.25, -0.2) is 18.1 Å². The molecule has 1 aromatic heterocycles. The van der Waals surface area contributed by atoms with Gasteiger partial charge in [0.05, 0.1) is 4.90 Å². The van der Waals surface area contributed by atoms with Crippen LogP contribution in [-0.2, 0) is 16.4 Å². The Bertz CT molecular complexity index is 660. The van der Waals surface area contributed by atoms with Gasteiger partial charge in [0.15, 0.2) is 0 Å². The van der Waals surface area contributed by atoms with Crippen molar-refractivity contribution in [2.24, 2.45) is 0 Å². The van der Waals surface area contributed by atoms with E-state index in [1.165, 1.54) is 23.9 Å². The van der Waals surface area contributed by atoms with Crippen molar-refractivity contribution in [1.82, 2.24) is 9.71 Å². The molecule has 2 aromatic rings. The summed E-state index contributed by atoms with van der Waals surface area (Å²) in [5.74, 6) is 0. The predicted molar refractivity (Wildman–Crippen MR) is 79.2 cm³/mol. The molecule has 0 aliphatic rings. The van der Waals surface area contributed by atoms with E-state index in [-0.39, 0.29) is 10.0 Å². The molecule has 1 N–H and O–H groups in total. The molecule has 0 spiro atoms. The Morgan fingerprint density at radius 2 is 1.90 bits per heavy atom. The van der Waals surface area contributed by atoms with Crippen molar-refractivity contribution >= 4 is 21.6 Å². The molecule has 20 heavy (non-hydrogen) atoms. The highest BCUT2D eigenvalue weighted by Gasteiger charge is 2.13. The first-order chi connectivity index (χ1) is 9.58. The van der Waals surface area contributed by atoms with Crippen molar-refractivity contribution in [2.75, 3.05) is 6.54 Å². The topological polar surface area (TPSA) is 59.1 Å². The summed E-state index contributed by atoms with van der Waals surface area (Å²) in [4.78, 5) is 3.90. The summed E-state index contributed by atoms with van der Waals surface area (Å²) < 4.78 is 26.6. The van der Waals surface area contributed by atoms with Crippen molar-refractivity contribution in [2.45, 2.75) is 17.7 Å². The molecule has 0 unspecified atom stereocenters. The van der Waals surface area contributed by atoms with Crippen molar-refractivity contribution < 1.29 is 8.42 Å². The quantitative estimate of drug-likeness (QED) is 0.659. The first-order valence-corrected chi connectivity index (χ1v) is 8.09. The molecule has 0 bridgehead atoms. The van der Waals surface area contributed by atoms with Crippen LogP contribution >= 0.6 is 11.6 Å². The minimum atomic E-state index is -3.51. The lowest BCUT2D eigenvalue weighted by Gasteiger charge is -2.07. The van der Waals surface area contributed by atoms with E-state index < -0.39 is 10.0 Å². The van der Waals surface area contributed by atoms with Crippen LogP contribution in [0.5, 0.6) is 0 Å². The Hall–Kier alpha value is -1.43. The molecule has 0 saturated carbocycles. The average Bonchev–Trinajstić information content (AvgIpc) is 2.45. The number of nitrogens with zero attached hydrogens (tertiary/aromatic N) is 1. The second-order valence-electron chi connectivity index (χ2n) is 4.30. The Labute approximate surface area is 123 Å². The largest absolute Gasteiger partial charge is 0.244 e. The van der Waals surface area contributed by atoms with Gasteiger partial charge >= 0.3 is 0 Å². The van der Waals surface area contributed by atoms with Crippen LogP contribution in [-0.4, -0.2) is 19.9 Å². The van der Waals surface area contributed by atoms with Crippen LogP contribution in [0.3, 0.4) is 0 Å². The number of nitrogens with one attached hydrogen (secondary N) is 1. The number of benzene rings is 1. The highest BCUT2D eigenvalue weighted by molar-refractivity contribution is 7.89. The lowest BCUT2D eigenvalue weighted by atomic mass is 10.1. The maximum absolute atomic E-state index is 12.0. The number of pyridine rings is 1. The van der Waals surface area contributed by atoms with Crippen LogP contribution < -0.4 is 4.72 Å². The number of rotatable bonds is 6. The number of halogens is 1. The van der Waals surface area contributed by atoms with Gasteiger partial charge < -0.3 is 0 Å². The molecule has 0 aliphatic carbocycles. The summed E-state index contributed by atoms with van der Waals surface area (Å²) in [7, 11) is -3.51. The second-order valence-corrected chi connectivity index (χ2v) is 6.46. The van der Waals surface area contributed by atoms with Gasteiger partial charge in [0.2, 0.25) is 10.0 Å². The Balaban J connectivity index is 1.87. The minimum absolute atomic E-state index is 0.136. The Morgan fingerprint density at radius 1 is 1.15 bits per heavy atom. The standard InChI is InChI=1S/C14H15ClN2O2S/c15-14-11-13(8-10-16-14)20(18,19)17-9-4-7-12-5-2-1-3-6-12/h1-3,5-6,8,10-11,17H,4,7,9H2. The van der Waals surface area contributed by atoms with Gasteiger partial charge in [0.25, 0.3) is 0 Å². The van der Waals surface area contributed by atoms with Crippen LogP contribution in [0, 0.1) is 0 Å². The van der Waals surface area contributed by atoms with E-state index >= 15 is 0 Å². The molecule has 0 radical (unpaired) electrons. The van der Waals surface area contributed by atoms with E-state index in [4.69, 9.17) is 11.6 Å². The zero-order valence-electron chi connectivity index (χ0n) is 10.8. The van der Waals surface area contributed by atoms with E-state index in [9.17, 15) is 8.42 Å². The van der Waals surface area contributed by atoms with Crippen LogP contribution in [0.2, 0.25) is 5.15 Å². The predicted octanol–water partition coefficient (Wildman–Crippen LogP) is 2.65. The molecule has 0 saturated heterocycles. The van der Waals surface area contributed by atoms with Crippen LogP contribution in [0.4, 0.5) is 0 Å². The van der Waals surface area contributed by atoms with Gasteiger partial charge in [-0.05, 0) is 30.5 Å². The van der Waals surface area contributed by atoms with Gasteiger partial charge in [-0.15, -0.1) is 0 Å². The molecule has 1 heterocycles. The fourth-order valence-electron chi connectivity index (χ4n) is 1.78. The van der Waals surface area contributed by atoms with E-state index in [0.717, 1.165) is 12.8 Å². The van der Waals surface area contributed by atoms with E-state index in [1.807, 2.05) is 30.3 Å². The maximum atomic E-state index is 12.0. The number of hydrogen-bond acceptors (Lipinski definition) is 3. The third-order valence-corrected chi connectivity index (χ3v) is 4.45. The highest BCUT2D eigenvalue weighted by atomic mass is 35.5. The van der Waals surface area contributed by atoms with Crippen molar-refractivity contribution in [3.63, 3.8) is 0 Å². The molecule has 6 heteroatoms. The molecule has 4 nitrogen and oxygen atoms in total. The summed E-state index contributed by atoms with van der Waals surface area (Å²) in [5, 5.41) is 0.164. The second kappa shape index (κ2) is 6.83. The maximum Gasteiger partial charge on any atom is 0.240 e. The lowest BCUT2D eigenvalue weighted by Crippen LogP contribution is -2.25. The smallest absolute Gasteiger partial charge is 0.240 e. The van der Waals surface area contributed by atoms with E-state index in [1.54, 1.807) is 0 Å². The van der Waals surface area contributed by atoms with Gasteiger partial charge in [0, 0.05) is 12.7 Å². The summed E-state index contributed by atoms with van der Waals surface area (Å²) >= 11 is 5.69. The molecular weight excluding hydrogens is 296 g/mol. The summed E-state index contributed by atoms with van der Waals surface area (Å²) in [6, 6.07) is 12.7. The van der Waals surface area contributed by atoms with Gasteiger partial charge in [0.1, 0.15) is 5.15 Å². The summed E-state index contributed by atoms with van der Waals surface area (Å²) in [5.41, 5.74) is 1.19. The molecule has 0 atom stereocenters. The third kappa shape index (κ3) is 4.30. The number of aromatic nitrogens is 1. The van der Waals surface area contributed by atoms with E-state index in [0.29, 0.717) is 6.54 Å². The van der Waals surface area contributed by atoms with Gasteiger partial charge in [-0.3, -0.25) is 0 Å². The molecule has 0 aliphatic heterocycles. The number of sulfonamides is 1. The normalized spacial score (nSPS) is 11.4. The summed E-state index contributed by atoms with van der Waals surface area (Å²) in [6.45, 7) is 0.386. The zero-order chi connectivity index (χ0) is 14.4. The number of aryl methyl sites for hydroxylation is 1. The van der Waals surface area contributed by atoms with Crippen LogP contribution in [0.25, 0.3) is 0 Å². The number of hydrogen-bond donors (Lipinski definition) is 1. The molecule has 0 fully saturated rings. The third-order valence-electron chi connectivity index (χ3n) is 2.79. The van der Waals surface area contributed by atoms with Gasteiger partial charge in [-0.1, -0.05) is 41.9 Å². The Morgan fingerprint density at radius 3 is 2.60 bits per heavy atom. The monoisotopic (exact) mass is 310 g/mol. The SMILES string of the molecule is O=S(=O)(NCCCc1ccccc1)c1ccnc(Cl)c1. The summed E-state index contributed by atoms with van der Waals surface area (Å²) in [6.07, 6.45) is 2.95. The first kappa shape index (κ1) is 15.0. The first-order valence-electron chi connectivity index (χ1n) is 6.23. The zero-order valence-corrected chi connectivity index (χ0v) is 12.4. The van der Waals surface area contributed by atoms with Crippen molar-refractivity contribution in [3.05, 3.63) is 59.4 Å². The Kier molecular flexibility index (Phi) is 5.11. The highest BCUT2D eigenvalue weighted by Crippen LogP contribution is 2.12. The molecule has 1 aromatic carbocycles. The fourth-order valence-corrected chi connectivity index (χ4v) is 3.10. The van der Waals surface area contributed by atoms with E-state index in [2.05, 4.69) is 9.71 Å². The molecule has 106 valence electrons. The molecule has 2 rings (SSSR count). The molecule has 0 amide bonds. The van der Waals surface area contributed by atoms with Crippen molar-refractivity contribution in [1.29, 1.82) is 0 Å². The molecular formula is C14H15ClN2O2S. The van der Waals surface area contributed by atoms with Crippen LogP contribution in [0.1, 0.15) is 12.0 Å². The fraction of sp³-hybridized carbons (Fsp3) is 0.214. The minimum Gasteiger partial charge on any atom is -0.244 e. The van der Waals surface area contributed by atoms with Crippen LogP contribution in [0.15, 0.2) is 53.6 Å². The lowest BCUT2D eigenvalue weighted by molar-refractivity contribution is 0.579. The van der Waals surface area contributed by atoms with Gasteiger partial charge in [-0.2, -0.15) is 0 Å². The average molecular weight is 311 g/mol.